The SMILES string of the molecule is C=c1[nH]c(=C)c2cc([B]c3ccc4c(=C)n(C)c(=C)c4c3)ccc12. The number of H-pyrrole nitrogens is 1. The third-order valence-electron chi connectivity index (χ3n) is 4.80. The van der Waals surface area contributed by atoms with Crippen molar-refractivity contribution in [2.45, 2.75) is 0 Å². The Morgan fingerprint density at radius 2 is 1.29 bits per heavy atom. The van der Waals surface area contributed by atoms with Crippen molar-refractivity contribution >= 4 is 66.1 Å². The number of hydrogen-bond donors (Lipinski definition) is 1. The highest BCUT2D eigenvalue weighted by atomic mass is 14.9. The second-order valence-corrected chi connectivity index (χ2v) is 6.29. The van der Waals surface area contributed by atoms with Crippen molar-refractivity contribution in [3.8, 4) is 0 Å². The first-order chi connectivity index (χ1) is 11.5. The summed E-state index contributed by atoms with van der Waals surface area (Å²) in [5.41, 5.74) is 2.29. The van der Waals surface area contributed by atoms with Gasteiger partial charge in [0.15, 0.2) is 7.28 Å². The molecule has 2 heterocycles. The van der Waals surface area contributed by atoms with Gasteiger partial charge in [0.1, 0.15) is 0 Å². The Morgan fingerprint density at radius 1 is 0.750 bits per heavy atom. The van der Waals surface area contributed by atoms with Gasteiger partial charge in [-0.15, -0.1) is 0 Å². The second-order valence-electron chi connectivity index (χ2n) is 6.29. The van der Waals surface area contributed by atoms with Crippen LogP contribution >= 0.6 is 0 Å². The highest BCUT2D eigenvalue weighted by Crippen LogP contribution is 2.04. The van der Waals surface area contributed by atoms with Crippen LogP contribution < -0.4 is 32.3 Å². The largest absolute Gasteiger partial charge is 0.355 e. The quantitative estimate of drug-likeness (QED) is 0.502. The lowest BCUT2D eigenvalue weighted by Crippen LogP contribution is -2.27. The van der Waals surface area contributed by atoms with E-state index in [9.17, 15) is 0 Å². The Balaban J connectivity index is 1.82. The van der Waals surface area contributed by atoms with E-state index >= 15 is 0 Å². The molecular weight excluding hydrogens is 291 g/mol. The van der Waals surface area contributed by atoms with E-state index in [1.165, 1.54) is 0 Å². The highest BCUT2D eigenvalue weighted by molar-refractivity contribution is 6.67. The summed E-state index contributed by atoms with van der Waals surface area (Å²) in [6, 6.07) is 12.8. The summed E-state index contributed by atoms with van der Waals surface area (Å²) < 4.78 is 2.03. The van der Waals surface area contributed by atoms with Crippen LogP contribution in [0.1, 0.15) is 0 Å². The molecule has 0 saturated carbocycles. The molecule has 0 aliphatic rings. The second kappa shape index (κ2) is 5.03. The molecule has 3 heteroatoms. The van der Waals surface area contributed by atoms with Crippen LogP contribution in [0.3, 0.4) is 0 Å². The molecule has 0 aliphatic heterocycles. The van der Waals surface area contributed by atoms with Crippen molar-refractivity contribution in [3.63, 3.8) is 0 Å². The van der Waals surface area contributed by atoms with Gasteiger partial charge in [0, 0.05) is 50.0 Å². The third-order valence-corrected chi connectivity index (χ3v) is 4.80. The Bertz CT molecular complexity index is 1310. The molecule has 0 fully saturated rings. The molecule has 0 atom stereocenters. The summed E-state index contributed by atoms with van der Waals surface area (Å²) in [6.07, 6.45) is 0. The number of aromatic amines is 1. The van der Waals surface area contributed by atoms with Crippen molar-refractivity contribution in [1.29, 1.82) is 0 Å². The highest BCUT2D eigenvalue weighted by Gasteiger charge is 2.07. The molecule has 0 spiro atoms. The molecule has 0 unspecified atom stereocenters. The van der Waals surface area contributed by atoms with Crippen LogP contribution in [0.15, 0.2) is 36.4 Å². The topological polar surface area (TPSA) is 20.7 Å². The summed E-state index contributed by atoms with van der Waals surface area (Å²) >= 11 is 0. The fourth-order valence-electron chi connectivity index (χ4n) is 3.34. The Labute approximate surface area is 141 Å². The molecule has 2 nitrogen and oxygen atoms in total. The third kappa shape index (κ3) is 2.05. The average molecular weight is 309 g/mol. The molecule has 4 aromatic rings. The summed E-state index contributed by atoms with van der Waals surface area (Å²) in [5, 5.41) is 8.36. The van der Waals surface area contributed by atoms with Gasteiger partial charge in [0.05, 0.1) is 0 Å². The van der Waals surface area contributed by atoms with Crippen molar-refractivity contribution in [2.24, 2.45) is 7.05 Å². The maximum atomic E-state index is 4.16. The van der Waals surface area contributed by atoms with Crippen LogP contribution in [-0.2, 0) is 7.05 Å². The van der Waals surface area contributed by atoms with Gasteiger partial charge in [-0.25, -0.2) is 0 Å². The zero-order valence-electron chi connectivity index (χ0n) is 13.8. The Morgan fingerprint density at radius 3 is 2.00 bits per heavy atom. The molecule has 4 rings (SSSR count). The average Bonchev–Trinajstić information content (AvgIpc) is 2.97. The zero-order chi connectivity index (χ0) is 17.0. The lowest BCUT2D eigenvalue weighted by atomic mass is 9.63. The van der Waals surface area contributed by atoms with Gasteiger partial charge < -0.3 is 9.55 Å². The minimum absolute atomic E-state index is 0.908. The van der Waals surface area contributed by atoms with E-state index < -0.39 is 0 Å². The predicted octanol–water partition coefficient (Wildman–Crippen LogP) is -0.0442. The Hall–Kier alpha value is -2.94. The summed E-state index contributed by atoms with van der Waals surface area (Å²) in [6.45, 7) is 16.4. The van der Waals surface area contributed by atoms with Gasteiger partial charge in [-0.3, -0.25) is 0 Å². The Kier molecular flexibility index (Phi) is 3.07. The minimum atomic E-state index is 0.908. The first-order valence-corrected chi connectivity index (χ1v) is 7.86. The molecule has 1 N–H and O–H groups in total. The van der Waals surface area contributed by atoms with E-state index in [4.69, 9.17) is 0 Å². The zero-order valence-corrected chi connectivity index (χ0v) is 13.8. The fraction of sp³-hybridized carbons (Fsp3) is 0.0476. The van der Waals surface area contributed by atoms with Gasteiger partial charge in [-0.1, -0.05) is 73.6 Å². The van der Waals surface area contributed by atoms with Crippen LogP contribution in [0.5, 0.6) is 0 Å². The standard InChI is InChI=1S/C21H18BN2/c1-12-18-8-6-16(10-20(18)13(2)23-12)22-17-7-9-19-14(3)24(5)15(4)21(19)11-17/h6-11,23H,1-4H2,5H3. The lowest BCUT2D eigenvalue weighted by Gasteiger charge is -2.02. The van der Waals surface area contributed by atoms with Crippen molar-refractivity contribution in [3.05, 3.63) is 57.8 Å². The van der Waals surface area contributed by atoms with Crippen molar-refractivity contribution in [1.82, 2.24) is 9.55 Å². The maximum Gasteiger partial charge on any atom is 0.191 e. The monoisotopic (exact) mass is 309 g/mol. The summed E-state index contributed by atoms with van der Waals surface area (Å²) in [7, 11) is 4.17. The number of aromatic nitrogens is 2. The van der Waals surface area contributed by atoms with E-state index in [-0.39, 0.29) is 0 Å². The number of rotatable bonds is 2. The van der Waals surface area contributed by atoms with E-state index in [1.54, 1.807) is 0 Å². The number of nitrogens with zero attached hydrogens (tertiary/aromatic N) is 1. The van der Waals surface area contributed by atoms with E-state index in [0.29, 0.717) is 0 Å². The maximum absolute atomic E-state index is 4.16. The number of benzene rings is 2. The van der Waals surface area contributed by atoms with E-state index in [2.05, 4.69) is 75.0 Å². The van der Waals surface area contributed by atoms with Crippen LogP contribution in [-0.4, -0.2) is 16.8 Å². The van der Waals surface area contributed by atoms with Gasteiger partial charge >= 0.3 is 0 Å². The van der Waals surface area contributed by atoms with E-state index in [0.717, 1.165) is 53.9 Å². The molecule has 0 bridgehead atoms. The number of hydrogen-bond acceptors (Lipinski definition) is 0. The summed E-state index contributed by atoms with van der Waals surface area (Å²) in [5.74, 6) is 0. The van der Waals surface area contributed by atoms with E-state index in [1.807, 2.05) is 11.6 Å². The molecule has 0 saturated heterocycles. The molecule has 1 radical (unpaired) electrons. The molecule has 115 valence electrons. The van der Waals surface area contributed by atoms with Crippen molar-refractivity contribution in [2.75, 3.05) is 0 Å². The first-order valence-electron chi connectivity index (χ1n) is 7.86. The van der Waals surface area contributed by atoms with Gasteiger partial charge in [0.2, 0.25) is 0 Å². The molecule has 2 aromatic heterocycles. The summed E-state index contributed by atoms with van der Waals surface area (Å²) in [4.78, 5) is 3.19. The van der Waals surface area contributed by atoms with Crippen molar-refractivity contribution < 1.29 is 0 Å². The first kappa shape index (κ1) is 14.6. The number of nitrogens with one attached hydrogen (secondary N) is 1. The van der Waals surface area contributed by atoms with Crippen LogP contribution in [0.2, 0.25) is 0 Å². The van der Waals surface area contributed by atoms with Gasteiger partial charge in [-0.05, 0) is 0 Å². The minimum Gasteiger partial charge on any atom is -0.355 e. The van der Waals surface area contributed by atoms with Gasteiger partial charge in [0.25, 0.3) is 0 Å². The molecule has 24 heavy (non-hydrogen) atoms. The normalized spacial score (nSPS) is 11.4. The van der Waals surface area contributed by atoms with Crippen LogP contribution in [0.4, 0.5) is 0 Å². The lowest BCUT2D eigenvalue weighted by molar-refractivity contribution is 0.871. The molecule has 2 aromatic carbocycles. The van der Waals surface area contributed by atoms with Crippen LogP contribution in [0.25, 0.3) is 47.9 Å². The fourth-order valence-corrected chi connectivity index (χ4v) is 3.34. The smallest absolute Gasteiger partial charge is 0.191 e. The molecule has 0 amide bonds. The van der Waals surface area contributed by atoms with Crippen LogP contribution in [0, 0.1) is 0 Å². The predicted molar refractivity (Wildman–Crippen MR) is 107 cm³/mol. The molecule has 0 aliphatic carbocycles. The molecular formula is C21H18BN2. The van der Waals surface area contributed by atoms with Gasteiger partial charge in [-0.2, -0.15) is 0 Å². The number of fused-ring (bicyclic) bond motifs is 2.